The van der Waals surface area contributed by atoms with Crippen molar-refractivity contribution in [2.24, 2.45) is 0 Å². The van der Waals surface area contributed by atoms with E-state index >= 15 is 0 Å². The van der Waals surface area contributed by atoms with Crippen LogP contribution in [0.25, 0.3) is 0 Å². The molecule has 0 aliphatic rings. The fourth-order valence-electron chi connectivity index (χ4n) is 0. The van der Waals surface area contributed by atoms with Crippen molar-refractivity contribution in [2.75, 3.05) is 0 Å². The van der Waals surface area contributed by atoms with Crippen LogP contribution in [-0.4, -0.2) is 35.7 Å². The fraction of sp³-hybridized carbons (Fsp3) is 0. The Balaban J connectivity index is 0. The van der Waals surface area contributed by atoms with E-state index in [4.69, 9.17) is 8.42 Å². The Bertz CT molecular complexity index is 94.7. The van der Waals surface area contributed by atoms with Crippen LogP contribution >= 0.6 is 21.4 Å². The summed E-state index contributed by atoms with van der Waals surface area (Å²) < 4.78 is 18.3. The van der Waals surface area contributed by atoms with Gasteiger partial charge in [0.1, 0.15) is 0 Å². The van der Waals surface area contributed by atoms with E-state index in [0.717, 1.165) is 0 Å². The SMILES string of the molecule is O=S(=O)(Cl)Cl.[PbH2]. The number of halogens is 2. The van der Waals surface area contributed by atoms with Crippen LogP contribution in [0.1, 0.15) is 0 Å². The van der Waals surface area contributed by atoms with E-state index in [1.165, 1.54) is 0 Å². The van der Waals surface area contributed by atoms with Crippen LogP contribution < -0.4 is 0 Å². The van der Waals surface area contributed by atoms with Crippen LogP contribution in [0.4, 0.5) is 0 Å². The van der Waals surface area contributed by atoms with Gasteiger partial charge >= 0.3 is 35.6 Å². The average Bonchev–Trinajstić information content (AvgIpc) is 0.722. The van der Waals surface area contributed by atoms with Crippen molar-refractivity contribution in [3.05, 3.63) is 0 Å². The zero-order valence-electron chi connectivity index (χ0n) is 2.69. The Hall–Kier alpha value is 1.45. The number of rotatable bonds is 0. The van der Waals surface area contributed by atoms with Gasteiger partial charge in [-0.2, -0.15) is 8.42 Å². The summed E-state index contributed by atoms with van der Waals surface area (Å²) in [6.45, 7) is 0. The third kappa shape index (κ3) is 51.3. The molecule has 0 bridgehead atoms. The predicted octanol–water partition coefficient (Wildman–Crippen LogP) is -0.207. The van der Waals surface area contributed by atoms with Gasteiger partial charge in [0.05, 0.1) is 0 Å². The topological polar surface area (TPSA) is 34.1 Å². The van der Waals surface area contributed by atoms with Gasteiger partial charge in [-0.25, -0.2) is 0 Å². The van der Waals surface area contributed by atoms with Crippen LogP contribution in [0.15, 0.2) is 0 Å². The summed E-state index contributed by atoms with van der Waals surface area (Å²) in [6.07, 6.45) is 0. The molecule has 0 unspecified atom stereocenters. The summed E-state index contributed by atoms with van der Waals surface area (Å²) in [7, 11) is 4.81. The second-order valence-corrected chi connectivity index (χ2v) is 4.05. The molecule has 0 saturated carbocycles. The van der Waals surface area contributed by atoms with Gasteiger partial charge in [-0.15, -0.1) is 0 Å². The Morgan fingerprint density at radius 1 is 1.17 bits per heavy atom. The molecule has 0 aliphatic heterocycles. The Morgan fingerprint density at radius 2 is 1.17 bits per heavy atom. The Morgan fingerprint density at radius 3 is 1.17 bits per heavy atom. The summed E-state index contributed by atoms with van der Waals surface area (Å²) in [5.74, 6) is 0. The van der Waals surface area contributed by atoms with Crippen LogP contribution in [0.2, 0.25) is 0 Å². The predicted molar refractivity (Wildman–Crippen MR) is 29.2 cm³/mol. The van der Waals surface area contributed by atoms with Crippen molar-refractivity contribution in [1.82, 2.24) is 0 Å². The second-order valence-electron chi connectivity index (χ2n) is 0.378. The molecule has 2 nitrogen and oxygen atoms in total. The van der Waals surface area contributed by atoms with Crippen LogP contribution in [0, 0.1) is 0 Å². The Labute approximate surface area is 64.9 Å². The zero-order valence-corrected chi connectivity index (χ0v) is 10.5. The normalized spacial score (nSPS) is 9.67. The fourth-order valence-corrected chi connectivity index (χ4v) is 0. The molecule has 0 saturated heterocycles. The third-order valence-electron chi connectivity index (χ3n) is 0. The van der Waals surface area contributed by atoms with Gasteiger partial charge in [0.15, 0.2) is 0 Å². The molecule has 6 heteroatoms. The molecule has 2 radical (unpaired) electrons. The summed E-state index contributed by atoms with van der Waals surface area (Å²) in [6, 6.07) is 0. The molecular formula is H2Cl2O2PbS. The molecule has 0 aromatic heterocycles. The number of hydrogen-bond donors (Lipinski definition) is 0. The minimum atomic E-state index is -3.72. The molecular weight excluding hydrogens is 342 g/mol. The quantitative estimate of drug-likeness (QED) is 0.450. The molecule has 0 aromatic carbocycles. The van der Waals surface area contributed by atoms with Crippen molar-refractivity contribution in [3.63, 3.8) is 0 Å². The summed E-state index contributed by atoms with van der Waals surface area (Å²) in [5, 5.41) is 0. The van der Waals surface area contributed by atoms with Crippen molar-refractivity contribution < 1.29 is 8.42 Å². The molecule has 6 heavy (non-hydrogen) atoms. The molecule has 0 aromatic rings. The van der Waals surface area contributed by atoms with Crippen LogP contribution in [-0.2, 0) is 8.26 Å². The van der Waals surface area contributed by atoms with E-state index in [0.29, 0.717) is 0 Å². The van der Waals surface area contributed by atoms with E-state index in [2.05, 4.69) is 21.4 Å². The van der Waals surface area contributed by atoms with Gasteiger partial charge in [0, 0.05) is 21.4 Å². The molecule has 0 amide bonds. The van der Waals surface area contributed by atoms with Crippen LogP contribution in [0.5, 0.6) is 0 Å². The zero-order chi connectivity index (χ0) is 4.50. The van der Waals surface area contributed by atoms with Gasteiger partial charge in [0.2, 0.25) is 0 Å². The molecule has 0 spiro atoms. The molecule has 0 rings (SSSR count). The van der Waals surface area contributed by atoms with Crippen molar-refractivity contribution in [3.8, 4) is 0 Å². The van der Waals surface area contributed by atoms with E-state index in [-0.39, 0.29) is 27.3 Å². The average molecular weight is 344 g/mol. The van der Waals surface area contributed by atoms with Gasteiger partial charge in [0.25, 0.3) is 0 Å². The van der Waals surface area contributed by atoms with Crippen LogP contribution in [0.3, 0.4) is 0 Å². The minimum absolute atomic E-state index is 0. The molecule has 0 atom stereocenters. The summed E-state index contributed by atoms with van der Waals surface area (Å²) in [5.41, 5.74) is 0. The van der Waals surface area contributed by atoms with E-state index in [1.54, 1.807) is 0 Å². The summed E-state index contributed by atoms with van der Waals surface area (Å²) in [4.78, 5) is 0. The second kappa shape index (κ2) is 3.45. The van der Waals surface area contributed by atoms with Gasteiger partial charge in [-0.3, -0.25) is 0 Å². The van der Waals surface area contributed by atoms with E-state index in [9.17, 15) is 0 Å². The standard InChI is InChI=1S/Cl2O2S.Pb.2H/c1-5(2,3)4;;;. The van der Waals surface area contributed by atoms with Crippen molar-refractivity contribution >= 4 is 56.9 Å². The van der Waals surface area contributed by atoms with E-state index < -0.39 is 8.26 Å². The monoisotopic (exact) mass is 344 g/mol. The molecule has 0 fully saturated rings. The first-order chi connectivity index (χ1) is 2.00. The first kappa shape index (κ1) is 10.4. The number of hydrogen-bond acceptors (Lipinski definition) is 2. The molecule has 38 valence electrons. The van der Waals surface area contributed by atoms with E-state index in [1.807, 2.05) is 0 Å². The first-order valence-corrected chi connectivity index (χ1v) is 3.78. The van der Waals surface area contributed by atoms with Gasteiger partial charge in [-0.05, 0) is 0 Å². The molecule has 0 N–H and O–H groups in total. The Kier molecular flexibility index (Phi) is 6.01. The maximum absolute atomic E-state index is 9.16. The van der Waals surface area contributed by atoms with Gasteiger partial charge < -0.3 is 0 Å². The van der Waals surface area contributed by atoms with Gasteiger partial charge in [-0.1, -0.05) is 0 Å². The maximum atomic E-state index is 9.16. The van der Waals surface area contributed by atoms with Crippen molar-refractivity contribution in [1.29, 1.82) is 0 Å². The first-order valence-electron chi connectivity index (χ1n) is 0.642. The third-order valence-corrected chi connectivity index (χ3v) is 0. The molecule has 0 aliphatic carbocycles. The summed E-state index contributed by atoms with van der Waals surface area (Å²) >= 11 is 0. The molecule has 0 heterocycles. The van der Waals surface area contributed by atoms with Crippen molar-refractivity contribution in [2.45, 2.75) is 0 Å².